The largest absolute Gasteiger partial charge is 0.239 e. The highest BCUT2D eigenvalue weighted by Crippen LogP contribution is 2.37. The van der Waals surface area contributed by atoms with Crippen molar-refractivity contribution < 1.29 is 0 Å². The number of thioether (sulfide) groups is 1. The van der Waals surface area contributed by atoms with Crippen LogP contribution in [0.5, 0.6) is 0 Å². The molecule has 2 aromatic rings. The molecule has 96 valence electrons. The summed E-state index contributed by atoms with van der Waals surface area (Å²) < 4.78 is 0. The number of aromatic nitrogens is 1. The number of thiophene rings is 1. The lowest BCUT2D eigenvalue weighted by Gasteiger charge is -2.21. The van der Waals surface area contributed by atoms with Crippen LogP contribution in [0.25, 0.3) is 10.6 Å². The molecule has 2 heterocycles. The van der Waals surface area contributed by atoms with E-state index in [-0.39, 0.29) is 0 Å². The van der Waals surface area contributed by atoms with E-state index in [1.807, 2.05) is 6.26 Å². The van der Waals surface area contributed by atoms with Crippen molar-refractivity contribution in [3.63, 3.8) is 0 Å². The Hall–Kier alpha value is -1.31. The number of hydrogen-bond acceptors (Lipinski definition) is 4. The second-order valence-electron chi connectivity index (χ2n) is 4.60. The van der Waals surface area contributed by atoms with Gasteiger partial charge in [-0.1, -0.05) is 6.07 Å². The highest BCUT2D eigenvalue weighted by Gasteiger charge is 2.22. The average Bonchev–Trinajstić information content (AvgIpc) is 2.99. The smallest absolute Gasteiger partial charge is 0.115 e. The van der Waals surface area contributed by atoms with Gasteiger partial charge < -0.3 is 0 Å². The van der Waals surface area contributed by atoms with Gasteiger partial charge in [0.25, 0.3) is 0 Å². The number of pyridine rings is 1. The Kier molecular flexibility index (Phi) is 3.58. The van der Waals surface area contributed by atoms with Crippen LogP contribution in [0, 0.1) is 11.3 Å². The van der Waals surface area contributed by atoms with Crippen LogP contribution in [-0.2, 0) is 12.8 Å². The summed E-state index contributed by atoms with van der Waals surface area (Å²) in [6, 6.07) is 6.55. The lowest BCUT2D eigenvalue weighted by molar-refractivity contribution is 0.678. The zero-order chi connectivity index (χ0) is 13.2. The van der Waals surface area contributed by atoms with Gasteiger partial charge >= 0.3 is 0 Å². The lowest BCUT2D eigenvalue weighted by Crippen LogP contribution is -2.10. The van der Waals surface area contributed by atoms with Gasteiger partial charge in [-0.05, 0) is 54.5 Å². The Morgan fingerprint density at radius 2 is 2.11 bits per heavy atom. The van der Waals surface area contributed by atoms with E-state index < -0.39 is 0 Å². The Balaban J connectivity index is 2.28. The number of fused-ring (bicyclic) bond motifs is 1. The Morgan fingerprint density at radius 1 is 1.32 bits per heavy atom. The second-order valence-corrected chi connectivity index (χ2v) is 6.34. The van der Waals surface area contributed by atoms with Crippen LogP contribution in [-0.4, -0.2) is 11.2 Å². The minimum atomic E-state index is 0.808. The Labute approximate surface area is 121 Å². The van der Waals surface area contributed by atoms with E-state index in [0.717, 1.165) is 29.1 Å². The molecule has 0 aliphatic heterocycles. The van der Waals surface area contributed by atoms with Gasteiger partial charge in [-0.2, -0.15) is 5.26 Å². The van der Waals surface area contributed by atoms with Crippen LogP contribution in [0.15, 0.2) is 22.5 Å². The van der Waals surface area contributed by atoms with E-state index in [1.54, 1.807) is 23.1 Å². The molecule has 0 aromatic carbocycles. The van der Waals surface area contributed by atoms with Crippen LogP contribution < -0.4 is 0 Å². The minimum Gasteiger partial charge on any atom is -0.239 e. The fourth-order valence-electron chi connectivity index (χ4n) is 2.68. The summed E-state index contributed by atoms with van der Waals surface area (Å²) in [5.41, 5.74) is 4.47. The molecule has 19 heavy (non-hydrogen) atoms. The van der Waals surface area contributed by atoms with Gasteiger partial charge in [0, 0.05) is 0 Å². The summed E-state index contributed by atoms with van der Waals surface area (Å²) in [5.74, 6) is 0. The third-order valence-corrected chi connectivity index (χ3v) is 5.10. The number of nitriles is 1. The van der Waals surface area contributed by atoms with Gasteiger partial charge in [-0.25, -0.2) is 4.98 Å². The Morgan fingerprint density at radius 3 is 2.74 bits per heavy atom. The van der Waals surface area contributed by atoms with E-state index in [2.05, 4.69) is 23.6 Å². The summed E-state index contributed by atoms with van der Waals surface area (Å²) in [6.07, 6.45) is 6.46. The van der Waals surface area contributed by atoms with Gasteiger partial charge in [0.05, 0.1) is 16.1 Å². The molecule has 2 nitrogen and oxygen atoms in total. The summed E-state index contributed by atoms with van der Waals surface area (Å²) in [4.78, 5) is 5.99. The van der Waals surface area contributed by atoms with Gasteiger partial charge in [-0.15, -0.1) is 23.1 Å². The monoisotopic (exact) mass is 286 g/mol. The predicted octanol–water partition coefficient (Wildman–Crippen LogP) is 4.28. The quantitative estimate of drug-likeness (QED) is 0.773. The molecule has 0 saturated carbocycles. The molecule has 3 rings (SSSR count). The van der Waals surface area contributed by atoms with Crippen molar-refractivity contribution in [3.05, 3.63) is 34.2 Å². The van der Waals surface area contributed by atoms with Gasteiger partial charge in [-0.3, -0.25) is 0 Å². The first-order valence-corrected chi connectivity index (χ1v) is 8.49. The molecule has 0 bridgehead atoms. The van der Waals surface area contributed by atoms with Crippen molar-refractivity contribution in [3.8, 4) is 16.6 Å². The van der Waals surface area contributed by atoms with Crippen LogP contribution in [0.3, 0.4) is 0 Å². The van der Waals surface area contributed by atoms with Crippen LogP contribution in [0.1, 0.15) is 29.5 Å². The lowest BCUT2D eigenvalue weighted by atomic mass is 9.88. The van der Waals surface area contributed by atoms with E-state index >= 15 is 0 Å². The number of hydrogen-bond donors (Lipinski definition) is 0. The molecular weight excluding hydrogens is 272 g/mol. The summed E-state index contributed by atoms with van der Waals surface area (Å²) in [7, 11) is 0. The fraction of sp³-hybridized carbons (Fsp3) is 0.333. The normalized spacial score (nSPS) is 13.9. The molecule has 0 N–H and O–H groups in total. The van der Waals surface area contributed by atoms with Crippen LogP contribution in [0.2, 0.25) is 0 Å². The van der Waals surface area contributed by atoms with E-state index in [0.29, 0.717) is 0 Å². The summed E-state index contributed by atoms with van der Waals surface area (Å²) >= 11 is 3.30. The summed E-state index contributed by atoms with van der Waals surface area (Å²) in [6.45, 7) is 0. The van der Waals surface area contributed by atoms with Crippen molar-refractivity contribution in [2.24, 2.45) is 0 Å². The first-order chi connectivity index (χ1) is 9.35. The predicted molar refractivity (Wildman–Crippen MR) is 80.7 cm³/mol. The SMILES string of the molecule is CSc1nc(-c2cccs2)c2c(c1C#N)CCCC2. The molecule has 1 aliphatic rings. The number of rotatable bonds is 2. The maximum Gasteiger partial charge on any atom is 0.115 e. The zero-order valence-electron chi connectivity index (χ0n) is 10.8. The van der Waals surface area contributed by atoms with Crippen LogP contribution in [0.4, 0.5) is 0 Å². The van der Waals surface area contributed by atoms with E-state index in [1.165, 1.54) is 28.8 Å². The minimum absolute atomic E-state index is 0.808. The van der Waals surface area contributed by atoms with Gasteiger partial charge in [0.2, 0.25) is 0 Å². The molecule has 0 spiro atoms. The van der Waals surface area contributed by atoms with E-state index in [4.69, 9.17) is 4.98 Å². The highest BCUT2D eigenvalue weighted by molar-refractivity contribution is 7.98. The second kappa shape index (κ2) is 5.36. The van der Waals surface area contributed by atoms with Crippen molar-refractivity contribution in [2.75, 3.05) is 6.26 Å². The third-order valence-electron chi connectivity index (χ3n) is 3.54. The third kappa shape index (κ3) is 2.18. The molecule has 0 atom stereocenters. The molecule has 0 fully saturated rings. The first-order valence-electron chi connectivity index (χ1n) is 6.39. The van der Waals surface area contributed by atoms with Crippen LogP contribution >= 0.6 is 23.1 Å². The Bertz CT molecular complexity index is 639. The van der Waals surface area contributed by atoms with Crippen molar-refractivity contribution >= 4 is 23.1 Å². The molecular formula is C15H14N2S2. The van der Waals surface area contributed by atoms with Crippen molar-refractivity contribution in [1.82, 2.24) is 4.98 Å². The number of nitrogens with zero attached hydrogens (tertiary/aromatic N) is 2. The highest BCUT2D eigenvalue weighted by atomic mass is 32.2. The van der Waals surface area contributed by atoms with Gasteiger partial charge in [0.1, 0.15) is 11.1 Å². The zero-order valence-corrected chi connectivity index (χ0v) is 12.4. The van der Waals surface area contributed by atoms with Gasteiger partial charge in [0.15, 0.2) is 0 Å². The molecule has 0 amide bonds. The maximum absolute atomic E-state index is 9.43. The molecule has 2 aromatic heterocycles. The fourth-order valence-corrected chi connectivity index (χ4v) is 3.97. The molecule has 1 aliphatic carbocycles. The molecule has 0 unspecified atom stereocenters. The molecule has 0 saturated heterocycles. The van der Waals surface area contributed by atoms with Crippen molar-refractivity contribution in [2.45, 2.75) is 30.7 Å². The molecule has 0 radical (unpaired) electrons. The molecule has 4 heteroatoms. The standard InChI is InChI=1S/C15H14N2S2/c1-18-15-12(9-16)10-5-2-3-6-11(10)14(17-15)13-7-4-8-19-13/h4,7-8H,2-3,5-6H2,1H3. The summed E-state index contributed by atoms with van der Waals surface area (Å²) in [5, 5.41) is 12.4. The first kappa shape index (κ1) is 12.7. The van der Waals surface area contributed by atoms with Crippen molar-refractivity contribution in [1.29, 1.82) is 5.26 Å². The topological polar surface area (TPSA) is 36.7 Å². The maximum atomic E-state index is 9.43. The average molecular weight is 286 g/mol. The van der Waals surface area contributed by atoms with E-state index in [9.17, 15) is 5.26 Å².